The summed E-state index contributed by atoms with van der Waals surface area (Å²) < 4.78 is 0. The van der Waals surface area contributed by atoms with Gasteiger partial charge in [-0.15, -0.1) is 0 Å². The summed E-state index contributed by atoms with van der Waals surface area (Å²) in [5.41, 5.74) is 10.8. The zero-order chi connectivity index (χ0) is 9.07. The topological polar surface area (TPSA) is 69.1 Å². The molecule has 64 valence electrons. The van der Waals surface area contributed by atoms with Crippen LogP contribution in [0, 0.1) is 5.41 Å². The van der Waals surface area contributed by atoms with E-state index in [1.807, 2.05) is 20.8 Å². The Morgan fingerprint density at radius 1 is 1.45 bits per heavy atom. The highest BCUT2D eigenvalue weighted by Gasteiger charge is 2.15. The summed E-state index contributed by atoms with van der Waals surface area (Å²) >= 11 is 0. The second-order valence-electron chi connectivity index (χ2n) is 3.79. The lowest BCUT2D eigenvalue weighted by molar-refractivity contribution is -0.114. The monoisotopic (exact) mass is 156 g/mol. The number of nitrogens with two attached hydrogens (primary N) is 2. The molecule has 0 aliphatic heterocycles. The van der Waals surface area contributed by atoms with Gasteiger partial charge in [0.15, 0.2) is 0 Å². The van der Waals surface area contributed by atoms with Crippen molar-refractivity contribution in [2.75, 3.05) is 0 Å². The molecule has 0 aliphatic carbocycles. The maximum absolute atomic E-state index is 10.7. The standard InChI is InChI=1S/C8H16N2O/c1-8(2,3)4-6(5-9)7(10)11/h5H,4,9H2,1-3H3,(H2,10,11). The first-order valence-electron chi connectivity index (χ1n) is 3.57. The van der Waals surface area contributed by atoms with Crippen molar-refractivity contribution < 1.29 is 4.79 Å². The molecule has 0 aromatic heterocycles. The van der Waals surface area contributed by atoms with Gasteiger partial charge in [0.25, 0.3) is 0 Å². The molecule has 0 radical (unpaired) electrons. The summed E-state index contributed by atoms with van der Waals surface area (Å²) in [5, 5.41) is 0. The van der Waals surface area contributed by atoms with Crippen LogP contribution in [0.1, 0.15) is 27.2 Å². The van der Waals surface area contributed by atoms with E-state index in [-0.39, 0.29) is 5.41 Å². The third kappa shape index (κ3) is 4.42. The fourth-order valence-corrected chi connectivity index (χ4v) is 0.800. The van der Waals surface area contributed by atoms with Crippen LogP contribution in [-0.2, 0) is 4.79 Å². The number of carbonyl (C=O) groups is 1. The predicted molar refractivity (Wildman–Crippen MR) is 45.5 cm³/mol. The lowest BCUT2D eigenvalue weighted by atomic mass is 9.88. The molecule has 0 saturated heterocycles. The fourth-order valence-electron chi connectivity index (χ4n) is 0.800. The molecule has 0 atom stereocenters. The average Bonchev–Trinajstić information content (AvgIpc) is 1.80. The van der Waals surface area contributed by atoms with Crippen LogP contribution >= 0.6 is 0 Å². The Bertz CT molecular complexity index is 177. The Balaban J connectivity index is 4.24. The molecule has 0 heterocycles. The van der Waals surface area contributed by atoms with E-state index >= 15 is 0 Å². The van der Waals surface area contributed by atoms with Gasteiger partial charge in [0.1, 0.15) is 0 Å². The summed E-state index contributed by atoms with van der Waals surface area (Å²) in [4.78, 5) is 10.7. The van der Waals surface area contributed by atoms with Crippen molar-refractivity contribution in [3.05, 3.63) is 11.8 Å². The second-order valence-corrected chi connectivity index (χ2v) is 3.79. The minimum atomic E-state index is -0.428. The van der Waals surface area contributed by atoms with Crippen LogP contribution in [0.3, 0.4) is 0 Å². The van der Waals surface area contributed by atoms with Crippen LogP contribution in [0.25, 0.3) is 0 Å². The van der Waals surface area contributed by atoms with Crippen LogP contribution < -0.4 is 11.5 Å². The summed E-state index contributed by atoms with van der Waals surface area (Å²) in [5.74, 6) is -0.428. The van der Waals surface area contributed by atoms with Crippen LogP contribution in [0.15, 0.2) is 11.8 Å². The molecule has 0 aromatic carbocycles. The Morgan fingerprint density at radius 3 is 2.00 bits per heavy atom. The zero-order valence-electron chi connectivity index (χ0n) is 7.35. The van der Waals surface area contributed by atoms with Crippen molar-refractivity contribution in [2.24, 2.45) is 16.9 Å². The zero-order valence-corrected chi connectivity index (χ0v) is 7.35. The van der Waals surface area contributed by atoms with E-state index in [9.17, 15) is 4.79 Å². The average molecular weight is 156 g/mol. The molecule has 3 heteroatoms. The smallest absolute Gasteiger partial charge is 0.246 e. The largest absolute Gasteiger partial charge is 0.404 e. The SMILES string of the molecule is CC(C)(C)CC(=CN)C(N)=O. The van der Waals surface area contributed by atoms with Crippen LogP contribution in [-0.4, -0.2) is 5.91 Å². The second kappa shape index (κ2) is 3.42. The van der Waals surface area contributed by atoms with E-state index in [0.717, 1.165) is 0 Å². The molecule has 0 aromatic rings. The molecular weight excluding hydrogens is 140 g/mol. The maximum Gasteiger partial charge on any atom is 0.246 e. The van der Waals surface area contributed by atoms with Gasteiger partial charge >= 0.3 is 0 Å². The van der Waals surface area contributed by atoms with E-state index in [4.69, 9.17) is 11.5 Å². The number of carbonyl (C=O) groups excluding carboxylic acids is 1. The van der Waals surface area contributed by atoms with Crippen LogP contribution in [0.5, 0.6) is 0 Å². The Hall–Kier alpha value is -0.990. The van der Waals surface area contributed by atoms with Crippen molar-refractivity contribution >= 4 is 5.91 Å². The van der Waals surface area contributed by atoms with Crippen LogP contribution in [0.2, 0.25) is 0 Å². The molecule has 0 fully saturated rings. The molecule has 0 rings (SSSR count). The molecule has 0 aliphatic rings. The number of primary amides is 1. The van der Waals surface area contributed by atoms with E-state index in [2.05, 4.69) is 0 Å². The molecule has 4 N–H and O–H groups in total. The van der Waals surface area contributed by atoms with Gasteiger partial charge in [-0.1, -0.05) is 20.8 Å². The van der Waals surface area contributed by atoms with E-state index in [0.29, 0.717) is 12.0 Å². The van der Waals surface area contributed by atoms with Crippen molar-refractivity contribution in [3.63, 3.8) is 0 Å². The number of hydrogen-bond acceptors (Lipinski definition) is 2. The maximum atomic E-state index is 10.7. The summed E-state index contributed by atoms with van der Waals surface area (Å²) in [6, 6.07) is 0. The Morgan fingerprint density at radius 2 is 1.91 bits per heavy atom. The minimum absolute atomic E-state index is 0.0558. The van der Waals surface area contributed by atoms with E-state index < -0.39 is 5.91 Å². The highest BCUT2D eigenvalue weighted by Crippen LogP contribution is 2.22. The summed E-state index contributed by atoms with van der Waals surface area (Å²) in [7, 11) is 0. The Kier molecular flexibility index (Phi) is 3.11. The lowest BCUT2D eigenvalue weighted by Gasteiger charge is -2.18. The van der Waals surface area contributed by atoms with Crippen LogP contribution in [0.4, 0.5) is 0 Å². The highest BCUT2D eigenvalue weighted by molar-refractivity contribution is 5.91. The number of amides is 1. The fraction of sp³-hybridized carbons (Fsp3) is 0.625. The minimum Gasteiger partial charge on any atom is -0.404 e. The first kappa shape index (κ1) is 10.0. The molecule has 3 nitrogen and oxygen atoms in total. The Labute approximate surface area is 67.4 Å². The normalized spacial score (nSPS) is 13.2. The highest BCUT2D eigenvalue weighted by atomic mass is 16.1. The van der Waals surface area contributed by atoms with Crippen molar-refractivity contribution in [3.8, 4) is 0 Å². The number of rotatable bonds is 2. The van der Waals surface area contributed by atoms with E-state index in [1.54, 1.807) is 0 Å². The molecule has 0 spiro atoms. The third-order valence-corrected chi connectivity index (χ3v) is 1.24. The molecule has 0 saturated carbocycles. The first-order chi connectivity index (χ1) is 4.87. The van der Waals surface area contributed by atoms with Gasteiger partial charge in [-0.3, -0.25) is 4.79 Å². The van der Waals surface area contributed by atoms with Crippen molar-refractivity contribution in [1.29, 1.82) is 0 Å². The van der Waals surface area contributed by atoms with Gasteiger partial charge in [0.2, 0.25) is 5.91 Å². The van der Waals surface area contributed by atoms with Gasteiger partial charge < -0.3 is 11.5 Å². The summed E-state index contributed by atoms with van der Waals surface area (Å²) in [6.07, 6.45) is 1.91. The molecular formula is C8H16N2O. The quantitative estimate of drug-likeness (QED) is 0.579. The molecule has 0 unspecified atom stereocenters. The van der Waals surface area contributed by atoms with Gasteiger partial charge in [-0.05, 0) is 11.8 Å². The summed E-state index contributed by atoms with van der Waals surface area (Å²) in [6.45, 7) is 6.08. The molecule has 11 heavy (non-hydrogen) atoms. The number of hydrogen-bond donors (Lipinski definition) is 2. The lowest BCUT2D eigenvalue weighted by Crippen LogP contribution is -2.19. The molecule has 1 amide bonds. The van der Waals surface area contributed by atoms with Gasteiger partial charge in [0.05, 0.1) is 0 Å². The predicted octanol–water partition coefficient (Wildman–Crippen LogP) is 0.751. The van der Waals surface area contributed by atoms with E-state index in [1.165, 1.54) is 6.20 Å². The van der Waals surface area contributed by atoms with Crippen molar-refractivity contribution in [1.82, 2.24) is 0 Å². The van der Waals surface area contributed by atoms with Gasteiger partial charge in [0, 0.05) is 11.8 Å². The van der Waals surface area contributed by atoms with Crippen molar-refractivity contribution in [2.45, 2.75) is 27.2 Å². The molecule has 0 bridgehead atoms. The van der Waals surface area contributed by atoms with Gasteiger partial charge in [-0.25, -0.2) is 0 Å². The first-order valence-corrected chi connectivity index (χ1v) is 3.57. The van der Waals surface area contributed by atoms with Gasteiger partial charge in [-0.2, -0.15) is 0 Å². The third-order valence-electron chi connectivity index (χ3n) is 1.24.